The van der Waals surface area contributed by atoms with Gasteiger partial charge in [0.1, 0.15) is 23.0 Å². The highest BCUT2D eigenvalue weighted by Crippen LogP contribution is 2.34. The summed E-state index contributed by atoms with van der Waals surface area (Å²) in [7, 11) is 1.76. The van der Waals surface area contributed by atoms with Gasteiger partial charge in [-0.1, -0.05) is 6.92 Å². The first-order chi connectivity index (χ1) is 17.2. The predicted molar refractivity (Wildman–Crippen MR) is 128 cm³/mol. The van der Waals surface area contributed by atoms with Crippen LogP contribution in [0.1, 0.15) is 19.4 Å². The fourth-order valence-electron chi connectivity index (χ4n) is 3.71. The van der Waals surface area contributed by atoms with Crippen molar-refractivity contribution in [1.29, 1.82) is 0 Å². The highest BCUT2D eigenvalue weighted by Gasteiger charge is 2.31. The van der Waals surface area contributed by atoms with Crippen molar-refractivity contribution in [2.45, 2.75) is 26.6 Å². The first-order valence-electron chi connectivity index (χ1n) is 11.2. The molecule has 10 heteroatoms. The number of ether oxygens (including phenoxy) is 3. The van der Waals surface area contributed by atoms with Crippen LogP contribution in [0.25, 0.3) is 16.8 Å². The minimum atomic E-state index is -4.80. The normalized spacial score (nSPS) is 11.4. The van der Waals surface area contributed by atoms with Crippen molar-refractivity contribution in [3.05, 3.63) is 83.0 Å². The lowest BCUT2D eigenvalue weighted by atomic mass is 10.1. The largest absolute Gasteiger partial charge is 0.573 e. The number of aryl methyl sites for hydroxylation is 2. The van der Waals surface area contributed by atoms with Gasteiger partial charge in [0, 0.05) is 42.3 Å². The van der Waals surface area contributed by atoms with E-state index in [1.54, 1.807) is 36.4 Å². The molecule has 0 N–H and O–H groups in total. The molecule has 36 heavy (non-hydrogen) atoms. The molecule has 4 rings (SSSR count). The Morgan fingerprint density at radius 2 is 1.67 bits per heavy atom. The molecule has 7 nitrogen and oxygen atoms in total. The summed E-state index contributed by atoms with van der Waals surface area (Å²) < 4.78 is 56.1. The Hall–Kier alpha value is -4.21. The number of hydrogen-bond donors (Lipinski definition) is 0. The Kier molecular flexibility index (Phi) is 7.05. The monoisotopic (exact) mass is 499 g/mol. The summed E-state index contributed by atoms with van der Waals surface area (Å²) in [6, 6.07) is 11.8. The number of aromatic nitrogens is 3. The maximum absolute atomic E-state index is 13.0. The third kappa shape index (κ3) is 5.70. The summed E-state index contributed by atoms with van der Waals surface area (Å²) in [5.41, 5.74) is 2.17. The summed E-state index contributed by atoms with van der Waals surface area (Å²) in [5, 5.41) is 4.21. The van der Waals surface area contributed by atoms with E-state index in [2.05, 4.69) is 9.84 Å². The van der Waals surface area contributed by atoms with Crippen LogP contribution < -0.4 is 19.8 Å². The number of rotatable bonds is 8. The first-order valence-corrected chi connectivity index (χ1v) is 11.2. The van der Waals surface area contributed by atoms with Gasteiger partial charge in [0.25, 0.3) is 5.56 Å². The number of benzene rings is 2. The summed E-state index contributed by atoms with van der Waals surface area (Å²) in [5.74, 6) is 1.24. The molecule has 2 heterocycles. The van der Waals surface area contributed by atoms with E-state index < -0.39 is 11.9 Å². The van der Waals surface area contributed by atoms with Crippen LogP contribution in [0.2, 0.25) is 0 Å². The molecule has 0 aliphatic heterocycles. The molecule has 0 saturated carbocycles. The first kappa shape index (κ1) is 24.9. The average molecular weight is 499 g/mol. The standard InChI is InChI=1S/C26H24F3N3O4/c1-4-17-12-21(10-11-23(17)34-5-2)35-24-13-25(33)32(16-22(24)18-14-30-31(3)15-18)19-6-8-20(9-7-19)36-26(27,28)29/h6-16H,4-5H2,1-3H3. The van der Waals surface area contributed by atoms with Gasteiger partial charge >= 0.3 is 6.36 Å². The third-order valence-electron chi connectivity index (χ3n) is 5.32. The Bertz CT molecular complexity index is 1410. The van der Waals surface area contributed by atoms with Gasteiger partial charge in [0.15, 0.2) is 0 Å². The lowest BCUT2D eigenvalue weighted by Crippen LogP contribution is -2.18. The van der Waals surface area contributed by atoms with Gasteiger partial charge in [0.05, 0.1) is 12.8 Å². The van der Waals surface area contributed by atoms with Crippen LogP contribution in [-0.4, -0.2) is 27.3 Å². The molecule has 0 aliphatic rings. The van der Waals surface area contributed by atoms with Crippen LogP contribution in [0.3, 0.4) is 0 Å². The van der Waals surface area contributed by atoms with Crippen LogP contribution in [0.5, 0.6) is 23.0 Å². The maximum Gasteiger partial charge on any atom is 0.573 e. The maximum atomic E-state index is 13.0. The van der Waals surface area contributed by atoms with E-state index in [0.29, 0.717) is 34.9 Å². The molecule has 0 saturated heterocycles. The number of halogens is 3. The van der Waals surface area contributed by atoms with Crippen LogP contribution >= 0.6 is 0 Å². The Balaban J connectivity index is 1.75. The highest BCUT2D eigenvalue weighted by molar-refractivity contribution is 5.69. The molecule has 0 bridgehead atoms. The average Bonchev–Trinajstić information content (AvgIpc) is 3.26. The number of pyridine rings is 1. The van der Waals surface area contributed by atoms with E-state index in [-0.39, 0.29) is 5.75 Å². The van der Waals surface area contributed by atoms with Crippen LogP contribution in [0, 0.1) is 0 Å². The topological polar surface area (TPSA) is 67.5 Å². The zero-order valence-corrected chi connectivity index (χ0v) is 19.9. The molecule has 0 amide bonds. The fraction of sp³-hybridized carbons (Fsp3) is 0.231. The quantitative estimate of drug-likeness (QED) is 0.302. The van der Waals surface area contributed by atoms with Gasteiger partial charge < -0.3 is 14.2 Å². The van der Waals surface area contributed by atoms with Gasteiger partial charge in [-0.15, -0.1) is 13.2 Å². The number of alkyl halides is 3. The van der Waals surface area contributed by atoms with E-state index >= 15 is 0 Å². The molecule has 0 unspecified atom stereocenters. The molecule has 2 aromatic carbocycles. The highest BCUT2D eigenvalue weighted by atomic mass is 19.4. The fourth-order valence-corrected chi connectivity index (χ4v) is 3.71. The lowest BCUT2D eigenvalue weighted by molar-refractivity contribution is -0.274. The Labute approximate surface area is 205 Å². The molecular weight excluding hydrogens is 475 g/mol. The van der Waals surface area contributed by atoms with Crippen molar-refractivity contribution >= 4 is 0 Å². The minimum absolute atomic E-state index is 0.312. The van der Waals surface area contributed by atoms with Crippen LogP contribution in [0.15, 0.2) is 71.9 Å². The molecule has 188 valence electrons. The third-order valence-corrected chi connectivity index (χ3v) is 5.32. The molecule has 0 spiro atoms. The van der Waals surface area contributed by atoms with E-state index in [9.17, 15) is 18.0 Å². The predicted octanol–water partition coefficient (Wildman–Crippen LogP) is 5.89. The molecule has 0 aliphatic carbocycles. The van der Waals surface area contributed by atoms with E-state index in [1.165, 1.54) is 22.8 Å². The summed E-state index contributed by atoms with van der Waals surface area (Å²) in [4.78, 5) is 13.0. The van der Waals surface area contributed by atoms with Gasteiger partial charge in [-0.25, -0.2) is 0 Å². The van der Waals surface area contributed by atoms with Crippen molar-refractivity contribution in [2.75, 3.05) is 6.61 Å². The van der Waals surface area contributed by atoms with Gasteiger partial charge in [0.2, 0.25) is 0 Å². The van der Waals surface area contributed by atoms with Gasteiger partial charge in [-0.05, 0) is 61.4 Å². The number of hydrogen-bond acceptors (Lipinski definition) is 5. The second-order valence-corrected chi connectivity index (χ2v) is 7.86. The van der Waals surface area contributed by atoms with E-state index in [0.717, 1.165) is 29.9 Å². The number of nitrogens with zero attached hydrogens (tertiary/aromatic N) is 3. The zero-order valence-electron chi connectivity index (χ0n) is 19.9. The molecular formula is C26H24F3N3O4. The smallest absolute Gasteiger partial charge is 0.494 e. The minimum Gasteiger partial charge on any atom is -0.494 e. The molecule has 0 radical (unpaired) electrons. The van der Waals surface area contributed by atoms with Gasteiger partial charge in [-0.2, -0.15) is 5.10 Å². The van der Waals surface area contributed by atoms with Crippen LogP contribution in [-0.2, 0) is 13.5 Å². The van der Waals surface area contributed by atoms with Crippen molar-refractivity contribution < 1.29 is 27.4 Å². The van der Waals surface area contributed by atoms with E-state index in [4.69, 9.17) is 9.47 Å². The Morgan fingerprint density at radius 1 is 0.944 bits per heavy atom. The van der Waals surface area contributed by atoms with Crippen molar-refractivity contribution in [3.63, 3.8) is 0 Å². The summed E-state index contributed by atoms with van der Waals surface area (Å²) in [6.45, 7) is 4.46. The lowest BCUT2D eigenvalue weighted by Gasteiger charge is -2.16. The second kappa shape index (κ2) is 10.2. The van der Waals surface area contributed by atoms with E-state index in [1.807, 2.05) is 26.0 Å². The SMILES string of the molecule is CCOc1ccc(Oc2cc(=O)n(-c3ccc(OC(F)(F)F)cc3)cc2-c2cnn(C)c2)cc1CC. The molecule has 0 atom stereocenters. The zero-order chi connectivity index (χ0) is 25.9. The van der Waals surface area contributed by atoms with Crippen molar-refractivity contribution in [2.24, 2.45) is 7.05 Å². The Morgan fingerprint density at radius 3 is 2.28 bits per heavy atom. The summed E-state index contributed by atoms with van der Waals surface area (Å²) >= 11 is 0. The van der Waals surface area contributed by atoms with Gasteiger partial charge in [-0.3, -0.25) is 14.0 Å². The molecule has 2 aromatic heterocycles. The second-order valence-electron chi connectivity index (χ2n) is 7.86. The van der Waals surface area contributed by atoms with Crippen molar-refractivity contribution in [3.8, 4) is 39.8 Å². The van der Waals surface area contributed by atoms with Crippen LogP contribution in [0.4, 0.5) is 13.2 Å². The molecule has 4 aromatic rings. The summed E-state index contributed by atoms with van der Waals surface area (Å²) in [6.07, 6.45) is 0.907. The van der Waals surface area contributed by atoms with Crippen molar-refractivity contribution in [1.82, 2.24) is 14.3 Å². The molecule has 0 fully saturated rings.